The molecule has 0 unspecified atom stereocenters. The topological polar surface area (TPSA) is 73.8 Å². The molecule has 0 N–H and O–H groups in total. The molecule has 1 fully saturated rings. The molecular formula is C23H21N3O4S2. The molecular weight excluding hydrogens is 446 g/mol. The third-order valence-electron chi connectivity index (χ3n) is 5.23. The van der Waals surface area contributed by atoms with Gasteiger partial charge in [0.05, 0.1) is 32.3 Å². The van der Waals surface area contributed by atoms with Crippen molar-refractivity contribution < 1.29 is 19.0 Å². The lowest BCUT2D eigenvalue weighted by molar-refractivity contribution is 0.0330. The van der Waals surface area contributed by atoms with E-state index >= 15 is 0 Å². The molecule has 32 heavy (non-hydrogen) atoms. The predicted octanol–water partition coefficient (Wildman–Crippen LogP) is 4.87. The molecule has 9 heteroatoms. The van der Waals surface area contributed by atoms with Gasteiger partial charge in [0.25, 0.3) is 0 Å². The van der Waals surface area contributed by atoms with Gasteiger partial charge in [0.2, 0.25) is 5.88 Å². The fraction of sp³-hybridized carbons (Fsp3) is 0.261. The maximum atomic E-state index is 11.2. The zero-order valence-corrected chi connectivity index (χ0v) is 19.1. The van der Waals surface area contributed by atoms with Crippen molar-refractivity contribution in [1.29, 1.82) is 0 Å². The maximum absolute atomic E-state index is 11.2. The Morgan fingerprint density at radius 2 is 2.03 bits per heavy atom. The Hall–Kier alpha value is -2.85. The van der Waals surface area contributed by atoms with Crippen molar-refractivity contribution in [2.45, 2.75) is 6.54 Å². The van der Waals surface area contributed by atoms with Gasteiger partial charge in [-0.2, -0.15) is 4.98 Å². The van der Waals surface area contributed by atoms with E-state index < -0.39 is 0 Å². The normalized spacial score (nSPS) is 14.5. The molecule has 0 radical (unpaired) electrons. The van der Waals surface area contributed by atoms with Crippen molar-refractivity contribution in [1.82, 2.24) is 14.9 Å². The van der Waals surface area contributed by atoms with E-state index in [2.05, 4.69) is 16.3 Å². The van der Waals surface area contributed by atoms with Crippen molar-refractivity contribution in [2.75, 3.05) is 33.4 Å². The van der Waals surface area contributed by atoms with E-state index in [1.165, 1.54) is 0 Å². The van der Waals surface area contributed by atoms with E-state index in [-0.39, 0.29) is 0 Å². The Morgan fingerprint density at radius 1 is 1.16 bits per heavy atom. The Bertz CT molecular complexity index is 1230. The number of hydrogen-bond donors (Lipinski definition) is 0. The number of fused-ring (bicyclic) bond motifs is 1. The monoisotopic (exact) mass is 467 g/mol. The average molecular weight is 468 g/mol. The molecule has 0 spiro atoms. The van der Waals surface area contributed by atoms with Gasteiger partial charge in [0.1, 0.15) is 16.9 Å². The molecule has 3 aromatic heterocycles. The van der Waals surface area contributed by atoms with E-state index in [0.29, 0.717) is 48.5 Å². The quantitative estimate of drug-likeness (QED) is 0.359. The fourth-order valence-electron chi connectivity index (χ4n) is 3.61. The van der Waals surface area contributed by atoms with Gasteiger partial charge in [0, 0.05) is 34.5 Å². The van der Waals surface area contributed by atoms with Crippen LogP contribution in [0.4, 0.5) is 0 Å². The summed E-state index contributed by atoms with van der Waals surface area (Å²) < 4.78 is 17.2. The Kier molecular flexibility index (Phi) is 6.13. The zero-order chi connectivity index (χ0) is 21.9. The van der Waals surface area contributed by atoms with E-state index in [0.717, 1.165) is 40.0 Å². The van der Waals surface area contributed by atoms with Crippen LogP contribution in [0.1, 0.15) is 16.2 Å². The summed E-state index contributed by atoms with van der Waals surface area (Å²) in [6, 6.07) is 9.19. The van der Waals surface area contributed by atoms with E-state index in [9.17, 15) is 4.79 Å². The highest BCUT2D eigenvalue weighted by molar-refractivity contribution is 7.18. The Balaban J connectivity index is 1.59. The number of rotatable bonds is 7. The molecule has 4 aromatic rings. The van der Waals surface area contributed by atoms with E-state index in [1.54, 1.807) is 48.0 Å². The van der Waals surface area contributed by atoms with Crippen molar-refractivity contribution in [3.05, 3.63) is 52.5 Å². The Labute approximate surface area is 193 Å². The summed E-state index contributed by atoms with van der Waals surface area (Å²) >= 11 is 3.25. The summed E-state index contributed by atoms with van der Waals surface area (Å²) in [7, 11) is 1.55. The van der Waals surface area contributed by atoms with Crippen molar-refractivity contribution >= 4 is 39.2 Å². The number of aldehydes is 1. The average Bonchev–Trinajstić information content (AvgIpc) is 3.50. The molecule has 0 saturated carbocycles. The first kappa shape index (κ1) is 21.0. The number of methoxy groups -OCH3 is 1. The molecule has 0 atom stereocenters. The molecule has 1 saturated heterocycles. The van der Waals surface area contributed by atoms with Gasteiger partial charge >= 0.3 is 0 Å². The van der Waals surface area contributed by atoms with Gasteiger partial charge in [-0.05, 0) is 29.6 Å². The molecule has 1 aliphatic rings. The summed E-state index contributed by atoms with van der Waals surface area (Å²) in [6.07, 6.45) is 0.781. The van der Waals surface area contributed by atoms with Crippen LogP contribution in [-0.4, -0.2) is 54.6 Å². The number of morpholine rings is 1. The minimum absolute atomic E-state index is 0.476. The highest BCUT2D eigenvalue weighted by Crippen LogP contribution is 2.42. The molecule has 5 rings (SSSR count). The van der Waals surface area contributed by atoms with Crippen LogP contribution < -0.4 is 9.47 Å². The molecule has 7 nitrogen and oxygen atoms in total. The highest BCUT2D eigenvalue weighted by atomic mass is 32.1. The van der Waals surface area contributed by atoms with Crippen LogP contribution in [-0.2, 0) is 11.3 Å². The molecule has 0 aliphatic carbocycles. The van der Waals surface area contributed by atoms with Crippen LogP contribution in [0.25, 0.3) is 20.7 Å². The molecule has 1 aliphatic heterocycles. The van der Waals surface area contributed by atoms with E-state index in [1.807, 2.05) is 11.4 Å². The number of carbonyl (C=O) groups excluding carboxylic acids is 1. The summed E-state index contributed by atoms with van der Waals surface area (Å²) in [5.74, 6) is 2.17. The number of benzene rings is 1. The van der Waals surface area contributed by atoms with Crippen molar-refractivity contribution in [3.63, 3.8) is 0 Å². The van der Waals surface area contributed by atoms with Crippen LogP contribution in [0.2, 0.25) is 0 Å². The number of nitrogens with zero attached hydrogens (tertiary/aromatic N) is 3. The van der Waals surface area contributed by atoms with Crippen molar-refractivity contribution in [2.24, 2.45) is 0 Å². The minimum atomic E-state index is 0.476. The first-order valence-electron chi connectivity index (χ1n) is 10.2. The summed E-state index contributed by atoms with van der Waals surface area (Å²) in [5.41, 5.74) is 1.57. The SMILES string of the molecule is COc1cc(C=O)ccc1Oc1nc(CN2CCOCC2)nc2scc(-c3cccs3)c12. The van der Waals surface area contributed by atoms with E-state index in [4.69, 9.17) is 24.2 Å². The lowest BCUT2D eigenvalue weighted by Gasteiger charge is -2.25. The highest BCUT2D eigenvalue weighted by Gasteiger charge is 2.21. The number of ether oxygens (including phenoxy) is 3. The van der Waals surface area contributed by atoms with Gasteiger partial charge in [-0.1, -0.05) is 6.07 Å². The van der Waals surface area contributed by atoms with Crippen molar-refractivity contribution in [3.8, 4) is 27.8 Å². The molecule has 164 valence electrons. The van der Waals surface area contributed by atoms with Crippen LogP contribution in [0.15, 0.2) is 41.1 Å². The number of hydrogen-bond acceptors (Lipinski definition) is 9. The minimum Gasteiger partial charge on any atom is -0.493 e. The van der Waals surface area contributed by atoms with Crippen LogP contribution in [0, 0.1) is 0 Å². The number of thiophene rings is 2. The third-order valence-corrected chi connectivity index (χ3v) is 7.01. The van der Waals surface area contributed by atoms with Crippen LogP contribution in [0.5, 0.6) is 17.4 Å². The maximum Gasteiger partial charge on any atom is 0.232 e. The summed E-state index contributed by atoms with van der Waals surface area (Å²) in [5, 5.41) is 5.03. The van der Waals surface area contributed by atoms with Crippen LogP contribution in [0.3, 0.4) is 0 Å². The smallest absolute Gasteiger partial charge is 0.232 e. The number of aromatic nitrogens is 2. The fourth-order valence-corrected chi connectivity index (χ4v) is 5.39. The summed E-state index contributed by atoms with van der Waals surface area (Å²) in [6.45, 7) is 3.76. The second kappa shape index (κ2) is 9.33. The molecule has 0 amide bonds. The zero-order valence-electron chi connectivity index (χ0n) is 17.4. The molecule has 4 heterocycles. The van der Waals surface area contributed by atoms with Gasteiger partial charge < -0.3 is 14.2 Å². The van der Waals surface area contributed by atoms with Gasteiger partial charge in [0.15, 0.2) is 11.5 Å². The first-order valence-corrected chi connectivity index (χ1v) is 11.9. The molecule has 0 bridgehead atoms. The van der Waals surface area contributed by atoms with Gasteiger partial charge in [-0.15, -0.1) is 22.7 Å². The van der Waals surface area contributed by atoms with Gasteiger partial charge in [-0.25, -0.2) is 4.98 Å². The van der Waals surface area contributed by atoms with Crippen LogP contribution >= 0.6 is 22.7 Å². The molecule has 1 aromatic carbocycles. The largest absolute Gasteiger partial charge is 0.493 e. The Morgan fingerprint density at radius 3 is 2.78 bits per heavy atom. The number of carbonyl (C=O) groups is 1. The predicted molar refractivity (Wildman–Crippen MR) is 125 cm³/mol. The second-order valence-electron chi connectivity index (χ2n) is 7.27. The second-order valence-corrected chi connectivity index (χ2v) is 9.08. The van der Waals surface area contributed by atoms with Gasteiger partial charge in [-0.3, -0.25) is 9.69 Å². The summed E-state index contributed by atoms with van der Waals surface area (Å²) in [4.78, 5) is 25.1. The standard InChI is InChI=1S/C23H21N3O4S2/c1-28-18-11-15(13-27)4-5-17(18)30-22-21-16(19-3-2-10-31-19)14-32-23(21)25-20(24-22)12-26-6-8-29-9-7-26/h2-5,10-11,13-14H,6-9,12H2,1H3. The lowest BCUT2D eigenvalue weighted by atomic mass is 10.2. The first-order chi connectivity index (χ1) is 15.7. The third kappa shape index (κ3) is 4.24. The lowest BCUT2D eigenvalue weighted by Crippen LogP contribution is -2.36.